The standard InChI is InChI=1S/C25H32O5/c1-7-9-10-18-11-13-19(14-12-18)23(26)29-21-16-20(25(4,5)6)15-17(3)22(21)30-24(27)28-8-2/h11-16H,7-10H2,1-6H3. The third-order valence-electron chi connectivity index (χ3n) is 4.77. The summed E-state index contributed by atoms with van der Waals surface area (Å²) in [5.74, 6) is -0.112. The second-order valence-corrected chi connectivity index (χ2v) is 8.35. The maximum absolute atomic E-state index is 12.8. The molecule has 2 aromatic rings. The van der Waals surface area contributed by atoms with Crippen LogP contribution in [0.25, 0.3) is 0 Å². The highest BCUT2D eigenvalue weighted by molar-refractivity contribution is 5.91. The number of hydrogen-bond donors (Lipinski definition) is 0. The van der Waals surface area contributed by atoms with Gasteiger partial charge in [0.05, 0.1) is 12.2 Å². The molecule has 0 saturated heterocycles. The maximum Gasteiger partial charge on any atom is 0.513 e. The molecule has 162 valence electrons. The second kappa shape index (κ2) is 10.3. The van der Waals surface area contributed by atoms with Crippen molar-refractivity contribution < 1.29 is 23.8 Å². The Morgan fingerprint density at radius 3 is 2.20 bits per heavy atom. The topological polar surface area (TPSA) is 61.8 Å². The highest BCUT2D eigenvalue weighted by Crippen LogP contribution is 2.37. The second-order valence-electron chi connectivity index (χ2n) is 8.35. The van der Waals surface area contributed by atoms with Gasteiger partial charge < -0.3 is 14.2 Å². The zero-order valence-electron chi connectivity index (χ0n) is 18.8. The maximum atomic E-state index is 12.8. The first-order valence-electron chi connectivity index (χ1n) is 10.5. The number of carbonyl (C=O) groups excluding carboxylic acids is 2. The number of rotatable bonds is 7. The van der Waals surface area contributed by atoms with Crippen molar-refractivity contribution in [1.82, 2.24) is 0 Å². The van der Waals surface area contributed by atoms with Gasteiger partial charge in [0.1, 0.15) is 0 Å². The summed E-state index contributed by atoms with van der Waals surface area (Å²) >= 11 is 0. The summed E-state index contributed by atoms with van der Waals surface area (Å²) in [4.78, 5) is 24.7. The summed E-state index contributed by atoms with van der Waals surface area (Å²) in [6.07, 6.45) is 2.38. The Bertz CT molecular complexity index is 876. The molecule has 0 amide bonds. The number of benzene rings is 2. The van der Waals surface area contributed by atoms with Crippen LogP contribution in [0.3, 0.4) is 0 Å². The molecular weight excluding hydrogens is 380 g/mol. The molecule has 0 aromatic heterocycles. The van der Waals surface area contributed by atoms with Gasteiger partial charge in [0.15, 0.2) is 11.5 Å². The van der Waals surface area contributed by atoms with Crippen LogP contribution >= 0.6 is 0 Å². The normalized spacial score (nSPS) is 11.1. The molecule has 5 nitrogen and oxygen atoms in total. The lowest BCUT2D eigenvalue weighted by atomic mass is 9.86. The van der Waals surface area contributed by atoms with Crippen LogP contribution in [0.4, 0.5) is 4.79 Å². The van der Waals surface area contributed by atoms with E-state index in [0.717, 1.165) is 24.8 Å². The summed E-state index contributed by atoms with van der Waals surface area (Å²) in [5, 5.41) is 0. The predicted octanol–water partition coefficient (Wildman–Crippen LogP) is 6.39. The average molecular weight is 413 g/mol. The monoisotopic (exact) mass is 412 g/mol. The first kappa shape index (κ1) is 23.5. The first-order valence-corrected chi connectivity index (χ1v) is 10.5. The largest absolute Gasteiger partial charge is 0.513 e. The van der Waals surface area contributed by atoms with Gasteiger partial charge in [-0.15, -0.1) is 0 Å². The Morgan fingerprint density at radius 1 is 0.967 bits per heavy atom. The van der Waals surface area contributed by atoms with Crippen LogP contribution in [0.2, 0.25) is 0 Å². The summed E-state index contributed by atoms with van der Waals surface area (Å²) in [6, 6.07) is 11.1. The van der Waals surface area contributed by atoms with E-state index in [2.05, 4.69) is 27.7 Å². The zero-order valence-corrected chi connectivity index (χ0v) is 18.8. The molecule has 0 bridgehead atoms. The quantitative estimate of drug-likeness (QED) is 0.299. The Morgan fingerprint density at radius 2 is 1.63 bits per heavy atom. The van der Waals surface area contributed by atoms with E-state index in [1.807, 2.05) is 25.1 Å². The van der Waals surface area contributed by atoms with E-state index in [1.165, 1.54) is 5.56 Å². The van der Waals surface area contributed by atoms with E-state index in [-0.39, 0.29) is 23.5 Å². The molecule has 0 fully saturated rings. The lowest BCUT2D eigenvalue weighted by molar-refractivity contribution is 0.0717. The zero-order chi connectivity index (χ0) is 22.3. The van der Waals surface area contributed by atoms with E-state index in [4.69, 9.17) is 14.2 Å². The van der Waals surface area contributed by atoms with Gasteiger partial charge in [-0.3, -0.25) is 0 Å². The van der Waals surface area contributed by atoms with Crippen LogP contribution in [0.5, 0.6) is 11.5 Å². The summed E-state index contributed by atoms with van der Waals surface area (Å²) in [7, 11) is 0. The van der Waals surface area contributed by atoms with Crippen molar-refractivity contribution in [3.8, 4) is 11.5 Å². The van der Waals surface area contributed by atoms with Crippen molar-refractivity contribution in [1.29, 1.82) is 0 Å². The SMILES string of the molecule is CCCCc1ccc(C(=O)Oc2cc(C(C)(C)C)cc(C)c2OC(=O)OCC)cc1. The number of aryl methyl sites for hydroxylation is 2. The Kier molecular flexibility index (Phi) is 8.04. The molecule has 0 saturated carbocycles. The molecule has 30 heavy (non-hydrogen) atoms. The van der Waals surface area contributed by atoms with E-state index in [0.29, 0.717) is 11.1 Å². The van der Waals surface area contributed by atoms with Gasteiger partial charge in [-0.05, 0) is 67.0 Å². The predicted molar refractivity (Wildman–Crippen MR) is 118 cm³/mol. The third kappa shape index (κ3) is 6.34. The molecule has 0 aliphatic heterocycles. The molecule has 0 aliphatic carbocycles. The average Bonchev–Trinajstić information content (AvgIpc) is 2.68. The Hall–Kier alpha value is -2.82. The molecule has 5 heteroatoms. The molecule has 0 spiro atoms. The van der Waals surface area contributed by atoms with Crippen LogP contribution in [-0.4, -0.2) is 18.7 Å². The Balaban J connectivity index is 2.33. The minimum absolute atomic E-state index is 0.171. The van der Waals surface area contributed by atoms with Gasteiger partial charge in [0.2, 0.25) is 0 Å². The summed E-state index contributed by atoms with van der Waals surface area (Å²) < 4.78 is 15.9. The van der Waals surface area contributed by atoms with Crippen LogP contribution in [0.15, 0.2) is 36.4 Å². The fourth-order valence-corrected chi connectivity index (χ4v) is 2.96. The van der Waals surface area contributed by atoms with E-state index >= 15 is 0 Å². The minimum Gasteiger partial charge on any atom is -0.434 e. The van der Waals surface area contributed by atoms with Crippen molar-refractivity contribution in [2.45, 2.75) is 66.2 Å². The van der Waals surface area contributed by atoms with Crippen LogP contribution < -0.4 is 9.47 Å². The molecule has 0 aliphatic rings. The van der Waals surface area contributed by atoms with Gasteiger partial charge >= 0.3 is 12.1 Å². The van der Waals surface area contributed by atoms with Crippen molar-refractivity contribution >= 4 is 12.1 Å². The van der Waals surface area contributed by atoms with Crippen molar-refractivity contribution in [3.05, 3.63) is 58.7 Å². The highest BCUT2D eigenvalue weighted by Gasteiger charge is 2.23. The molecule has 0 unspecified atom stereocenters. The van der Waals surface area contributed by atoms with Crippen LogP contribution in [0.1, 0.15) is 74.5 Å². The number of esters is 1. The molecule has 0 N–H and O–H groups in total. The third-order valence-corrected chi connectivity index (χ3v) is 4.77. The molecule has 0 atom stereocenters. The smallest absolute Gasteiger partial charge is 0.434 e. The molecule has 0 heterocycles. The number of hydrogen-bond acceptors (Lipinski definition) is 5. The Labute approximate surface area is 179 Å². The fourth-order valence-electron chi connectivity index (χ4n) is 2.96. The van der Waals surface area contributed by atoms with E-state index in [1.54, 1.807) is 25.1 Å². The van der Waals surface area contributed by atoms with Gasteiger partial charge in [0, 0.05) is 0 Å². The molecule has 2 rings (SSSR count). The highest BCUT2D eigenvalue weighted by atomic mass is 16.7. The molecular formula is C25H32O5. The first-order chi connectivity index (χ1) is 14.2. The van der Waals surface area contributed by atoms with Crippen molar-refractivity contribution in [2.24, 2.45) is 0 Å². The van der Waals surface area contributed by atoms with Crippen molar-refractivity contribution in [3.63, 3.8) is 0 Å². The molecule has 2 aromatic carbocycles. The van der Waals surface area contributed by atoms with Gasteiger partial charge in [-0.1, -0.05) is 52.3 Å². The minimum atomic E-state index is -0.832. The van der Waals surface area contributed by atoms with Gasteiger partial charge in [0.25, 0.3) is 0 Å². The van der Waals surface area contributed by atoms with Crippen molar-refractivity contribution in [2.75, 3.05) is 6.61 Å². The van der Waals surface area contributed by atoms with Crippen LogP contribution in [0, 0.1) is 6.92 Å². The van der Waals surface area contributed by atoms with E-state index < -0.39 is 12.1 Å². The van der Waals surface area contributed by atoms with Crippen LogP contribution in [-0.2, 0) is 16.6 Å². The number of ether oxygens (including phenoxy) is 3. The lowest BCUT2D eigenvalue weighted by Gasteiger charge is -2.22. The number of carbonyl (C=O) groups is 2. The lowest BCUT2D eigenvalue weighted by Crippen LogP contribution is -2.17. The van der Waals surface area contributed by atoms with E-state index in [9.17, 15) is 9.59 Å². The number of unbranched alkanes of at least 4 members (excludes halogenated alkanes) is 1. The van der Waals surface area contributed by atoms with Gasteiger partial charge in [-0.25, -0.2) is 9.59 Å². The summed E-state index contributed by atoms with van der Waals surface area (Å²) in [5.41, 5.74) is 3.11. The summed E-state index contributed by atoms with van der Waals surface area (Å²) in [6.45, 7) is 12.0. The van der Waals surface area contributed by atoms with Gasteiger partial charge in [-0.2, -0.15) is 0 Å². The molecule has 0 radical (unpaired) electrons. The fraction of sp³-hybridized carbons (Fsp3) is 0.440.